The summed E-state index contributed by atoms with van der Waals surface area (Å²) in [5, 5.41) is 19.1. The van der Waals surface area contributed by atoms with Crippen LogP contribution >= 0.6 is 15.9 Å². The first kappa shape index (κ1) is 14.6. The Morgan fingerprint density at radius 3 is 2.86 bits per heavy atom. The molecule has 1 aliphatic rings. The highest BCUT2D eigenvalue weighted by Crippen LogP contribution is 2.35. The van der Waals surface area contributed by atoms with Gasteiger partial charge in [-0.3, -0.25) is 4.57 Å². The molecule has 0 saturated carbocycles. The molecule has 1 saturated heterocycles. The van der Waals surface area contributed by atoms with Crippen LogP contribution in [0, 0.1) is 0 Å². The van der Waals surface area contributed by atoms with Crippen molar-refractivity contribution in [1.82, 2.24) is 19.5 Å². The van der Waals surface area contributed by atoms with Gasteiger partial charge in [0.15, 0.2) is 21.7 Å². The normalized spacial score (nSPS) is 25.7. The number of hydrogen-bond acceptors (Lipinski definition) is 7. The highest BCUT2D eigenvalue weighted by molar-refractivity contribution is 9.10. The van der Waals surface area contributed by atoms with E-state index < -0.39 is 18.4 Å². The molecule has 21 heavy (non-hydrogen) atoms. The number of aromatic nitrogens is 4. The van der Waals surface area contributed by atoms with Gasteiger partial charge in [0.05, 0.1) is 12.7 Å². The number of anilines is 1. The molecular formula is C12H16BrN5O3. The first-order valence-electron chi connectivity index (χ1n) is 6.53. The van der Waals surface area contributed by atoms with E-state index in [0.717, 1.165) is 0 Å². The Morgan fingerprint density at radius 1 is 1.48 bits per heavy atom. The zero-order chi connectivity index (χ0) is 15.1. The smallest absolute Gasteiger partial charge is 0.181 e. The van der Waals surface area contributed by atoms with Crippen LogP contribution in [0.3, 0.4) is 0 Å². The number of rotatable bonds is 3. The Bertz CT molecular complexity index is 662. The summed E-state index contributed by atoms with van der Waals surface area (Å²) < 4.78 is 7.99. The number of nitrogens with zero attached hydrogens (tertiary/aromatic N) is 5. The average molecular weight is 358 g/mol. The van der Waals surface area contributed by atoms with E-state index in [-0.39, 0.29) is 6.61 Å². The van der Waals surface area contributed by atoms with E-state index in [1.54, 1.807) is 4.57 Å². The second kappa shape index (κ2) is 5.48. The molecular weight excluding hydrogens is 342 g/mol. The second-order valence-electron chi connectivity index (χ2n) is 5.13. The van der Waals surface area contributed by atoms with E-state index >= 15 is 0 Å². The fourth-order valence-electron chi connectivity index (χ4n) is 2.49. The maximum atomic E-state index is 9.89. The van der Waals surface area contributed by atoms with Crippen molar-refractivity contribution in [3.8, 4) is 0 Å². The van der Waals surface area contributed by atoms with Crippen molar-refractivity contribution < 1.29 is 14.9 Å². The highest BCUT2D eigenvalue weighted by Gasteiger charge is 2.36. The van der Waals surface area contributed by atoms with Gasteiger partial charge in [0, 0.05) is 20.5 Å². The predicted octanol–water partition coefficient (Wildman–Crippen LogP) is 0.295. The van der Waals surface area contributed by atoms with Crippen LogP contribution in [0.25, 0.3) is 11.2 Å². The van der Waals surface area contributed by atoms with Gasteiger partial charge in [0.1, 0.15) is 18.7 Å². The summed E-state index contributed by atoms with van der Waals surface area (Å²) in [4.78, 5) is 14.8. The van der Waals surface area contributed by atoms with E-state index in [2.05, 4.69) is 30.9 Å². The van der Waals surface area contributed by atoms with E-state index in [1.807, 2.05) is 19.0 Å². The summed E-state index contributed by atoms with van der Waals surface area (Å²) in [6.45, 7) is -0.222. The molecule has 2 N–H and O–H groups in total. The fraction of sp³-hybridized carbons (Fsp3) is 0.583. The van der Waals surface area contributed by atoms with Crippen molar-refractivity contribution in [3.05, 3.63) is 11.1 Å². The van der Waals surface area contributed by atoms with Crippen LogP contribution in [0.2, 0.25) is 0 Å². The molecule has 3 heterocycles. The van der Waals surface area contributed by atoms with Gasteiger partial charge >= 0.3 is 0 Å². The molecule has 0 radical (unpaired) electrons. The summed E-state index contributed by atoms with van der Waals surface area (Å²) in [5.74, 6) is 0.705. The minimum absolute atomic E-state index is 0.222. The SMILES string of the molecule is CN(C)c1ncnc2c1nc(Br)n2[C@H]1C[C@H](O)[C@@H](CO)O1. The van der Waals surface area contributed by atoms with Gasteiger partial charge in [-0.2, -0.15) is 0 Å². The first-order valence-corrected chi connectivity index (χ1v) is 7.32. The third-order valence-corrected chi connectivity index (χ3v) is 4.07. The summed E-state index contributed by atoms with van der Waals surface area (Å²) in [6.07, 6.45) is 0.115. The number of imidazole rings is 1. The number of halogens is 1. The Morgan fingerprint density at radius 2 is 2.24 bits per heavy atom. The molecule has 1 aliphatic heterocycles. The zero-order valence-electron chi connectivity index (χ0n) is 11.6. The van der Waals surface area contributed by atoms with Gasteiger partial charge < -0.3 is 19.8 Å². The lowest BCUT2D eigenvalue weighted by atomic mass is 10.2. The van der Waals surface area contributed by atoms with E-state index in [9.17, 15) is 10.2 Å². The molecule has 0 aromatic carbocycles. The lowest BCUT2D eigenvalue weighted by Gasteiger charge is -2.15. The predicted molar refractivity (Wildman–Crippen MR) is 79.0 cm³/mol. The van der Waals surface area contributed by atoms with Crippen LogP contribution in [0.5, 0.6) is 0 Å². The monoisotopic (exact) mass is 357 g/mol. The second-order valence-corrected chi connectivity index (χ2v) is 5.84. The lowest BCUT2D eigenvalue weighted by molar-refractivity contribution is -0.0439. The molecule has 0 spiro atoms. The topological polar surface area (TPSA) is 96.5 Å². The van der Waals surface area contributed by atoms with Gasteiger partial charge in [0.25, 0.3) is 0 Å². The van der Waals surface area contributed by atoms with Crippen LogP contribution < -0.4 is 4.90 Å². The molecule has 1 fully saturated rings. The fourth-order valence-corrected chi connectivity index (χ4v) is 3.06. The summed E-state index contributed by atoms with van der Waals surface area (Å²) in [6, 6.07) is 0. The third-order valence-electron chi connectivity index (χ3n) is 3.51. The van der Waals surface area contributed by atoms with Gasteiger partial charge in [-0.05, 0) is 15.9 Å². The van der Waals surface area contributed by atoms with Crippen LogP contribution in [0.15, 0.2) is 11.1 Å². The quantitative estimate of drug-likeness (QED) is 0.762. The van der Waals surface area contributed by atoms with Gasteiger partial charge in [0.2, 0.25) is 0 Å². The average Bonchev–Trinajstić information content (AvgIpc) is 2.96. The van der Waals surface area contributed by atoms with E-state index in [0.29, 0.717) is 28.1 Å². The Hall–Kier alpha value is -1.29. The van der Waals surface area contributed by atoms with Gasteiger partial charge in [-0.15, -0.1) is 0 Å². The van der Waals surface area contributed by atoms with E-state index in [1.165, 1.54) is 6.33 Å². The molecule has 2 aromatic rings. The maximum Gasteiger partial charge on any atom is 0.181 e. The zero-order valence-corrected chi connectivity index (χ0v) is 13.2. The highest BCUT2D eigenvalue weighted by atomic mass is 79.9. The molecule has 0 aliphatic carbocycles. The van der Waals surface area contributed by atoms with Crippen molar-refractivity contribution in [2.45, 2.75) is 24.9 Å². The molecule has 3 atom stereocenters. The molecule has 0 unspecified atom stereocenters. The van der Waals surface area contributed by atoms with Crippen LogP contribution in [-0.2, 0) is 4.74 Å². The molecule has 0 bridgehead atoms. The van der Waals surface area contributed by atoms with Crippen molar-refractivity contribution in [1.29, 1.82) is 0 Å². The Kier molecular flexibility index (Phi) is 3.82. The first-order chi connectivity index (χ1) is 10.0. The molecule has 2 aromatic heterocycles. The van der Waals surface area contributed by atoms with Gasteiger partial charge in [-0.25, -0.2) is 15.0 Å². The number of ether oxygens (including phenoxy) is 1. The lowest BCUT2D eigenvalue weighted by Crippen LogP contribution is -2.24. The van der Waals surface area contributed by atoms with Crippen LogP contribution in [0.4, 0.5) is 5.82 Å². The number of fused-ring (bicyclic) bond motifs is 1. The Labute approximate surface area is 129 Å². The van der Waals surface area contributed by atoms with Crippen molar-refractivity contribution >= 4 is 32.9 Å². The van der Waals surface area contributed by atoms with Gasteiger partial charge in [-0.1, -0.05) is 0 Å². The third kappa shape index (κ3) is 2.39. The minimum atomic E-state index is -0.709. The summed E-state index contributed by atoms with van der Waals surface area (Å²) >= 11 is 3.41. The maximum absolute atomic E-state index is 9.89. The molecule has 114 valence electrons. The number of hydrogen-bond donors (Lipinski definition) is 2. The summed E-state index contributed by atoms with van der Waals surface area (Å²) in [7, 11) is 3.76. The van der Waals surface area contributed by atoms with Crippen molar-refractivity contribution in [2.75, 3.05) is 25.6 Å². The largest absolute Gasteiger partial charge is 0.394 e. The number of aliphatic hydroxyl groups excluding tert-OH is 2. The Balaban J connectivity index is 2.08. The molecule has 3 rings (SSSR count). The van der Waals surface area contributed by atoms with E-state index in [4.69, 9.17) is 4.74 Å². The summed E-state index contributed by atoms with van der Waals surface area (Å²) in [5.41, 5.74) is 1.27. The molecule has 9 heteroatoms. The van der Waals surface area contributed by atoms with Crippen molar-refractivity contribution in [2.24, 2.45) is 0 Å². The van der Waals surface area contributed by atoms with Crippen LogP contribution in [0.1, 0.15) is 12.6 Å². The number of aliphatic hydroxyl groups is 2. The molecule has 0 amide bonds. The molecule has 8 nitrogen and oxygen atoms in total. The van der Waals surface area contributed by atoms with Crippen LogP contribution in [-0.4, -0.2) is 62.6 Å². The minimum Gasteiger partial charge on any atom is -0.394 e. The standard InChI is InChI=1S/C12H16BrN5O3/c1-17(2)10-9-11(15-5-14-10)18(12(13)16-9)8-3-6(20)7(4-19)21-8/h5-8,19-20H,3-4H2,1-2H3/t6-,7+,8+/m0/s1. The van der Waals surface area contributed by atoms with Crippen molar-refractivity contribution in [3.63, 3.8) is 0 Å².